The lowest BCUT2D eigenvalue weighted by Gasteiger charge is -2.32. The predicted molar refractivity (Wildman–Crippen MR) is 51.7 cm³/mol. The molecule has 2 atom stereocenters. The van der Waals surface area contributed by atoms with Gasteiger partial charge in [-0.1, -0.05) is 11.6 Å². The third-order valence-electron chi connectivity index (χ3n) is 2.85. The summed E-state index contributed by atoms with van der Waals surface area (Å²) in [4.78, 5) is 0. The van der Waals surface area contributed by atoms with E-state index in [1.54, 1.807) is 0 Å². The third-order valence-corrected chi connectivity index (χ3v) is 2.85. The SMILES string of the molecule is C/C1=C/CC[C@@H]2OCCC[C@H]2OC1. The fraction of sp³-hybridized carbons (Fsp3) is 0.818. The monoisotopic (exact) mass is 182 g/mol. The minimum Gasteiger partial charge on any atom is -0.376 e. The van der Waals surface area contributed by atoms with Crippen molar-refractivity contribution >= 4 is 0 Å². The summed E-state index contributed by atoms with van der Waals surface area (Å²) in [5, 5.41) is 0. The molecule has 0 saturated carbocycles. The van der Waals surface area contributed by atoms with Crippen LogP contribution in [-0.4, -0.2) is 25.4 Å². The maximum absolute atomic E-state index is 5.81. The van der Waals surface area contributed by atoms with E-state index >= 15 is 0 Å². The van der Waals surface area contributed by atoms with Crippen molar-refractivity contribution in [3.05, 3.63) is 11.6 Å². The van der Waals surface area contributed by atoms with Gasteiger partial charge in [-0.3, -0.25) is 0 Å². The summed E-state index contributed by atoms with van der Waals surface area (Å²) in [6, 6.07) is 0. The van der Waals surface area contributed by atoms with E-state index in [0.717, 1.165) is 32.5 Å². The molecule has 2 heteroatoms. The molecule has 2 nitrogen and oxygen atoms in total. The van der Waals surface area contributed by atoms with Gasteiger partial charge < -0.3 is 9.47 Å². The minimum atomic E-state index is 0.359. The Bertz CT molecular complexity index is 198. The van der Waals surface area contributed by atoms with E-state index in [1.165, 1.54) is 12.0 Å². The molecule has 0 aliphatic carbocycles. The van der Waals surface area contributed by atoms with Crippen LogP contribution in [0, 0.1) is 0 Å². The number of hydrogen-bond donors (Lipinski definition) is 0. The molecule has 2 heterocycles. The van der Waals surface area contributed by atoms with Crippen LogP contribution in [0.1, 0.15) is 32.6 Å². The molecule has 0 aromatic rings. The van der Waals surface area contributed by atoms with Crippen molar-refractivity contribution in [2.45, 2.75) is 44.8 Å². The first-order chi connectivity index (χ1) is 6.36. The first-order valence-electron chi connectivity index (χ1n) is 5.25. The van der Waals surface area contributed by atoms with Crippen molar-refractivity contribution in [3.8, 4) is 0 Å². The van der Waals surface area contributed by atoms with Crippen LogP contribution in [0.3, 0.4) is 0 Å². The van der Waals surface area contributed by atoms with Crippen molar-refractivity contribution in [1.29, 1.82) is 0 Å². The van der Waals surface area contributed by atoms with Crippen LogP contribution in [0.4, 0.5) is 0 Å². The highest BCUT2D eigenvalue weighted by molar-refractivity contribution is 5.00. The molecule has 1 saturated heterocycles. The summed E-state index contributed by atoms with van der Waals surface area (Å²) in [6.07, 6.45) is 7.60. The Morgan fingerprint density at radius 1 is 1.23 bits per heavy atom. The molecular weight excluding hydrogens is 164 g/mol. The maximum atomic E-state index is 5.81. The van der Waals surface area contributed by atoms with E-state index in [4.69, 9.17) is 9.47 Å². The molecule has 0 amide bonds. The Morgan fingerprint density at radius 2 is 2.08 bits per heavy atom. The van der Waals surface area contributed by atoms with Crippen LogP contribution in [0.5, 0.6) is 0 Å². The second-order valence-corrected chi connectivity index (χ2v) is 4.03. The lowest BCUT2D eigenvalue weighted by atomic mass is 9.99. The van der Waals surface area contributed by atoms with Crippen LogP contribution < -0.4 is 0 Å². The number of rotatable bonds is 0. The van der Waals surface area contributed by atoms with Crippen molar-refractivity contribution < 1.29 is 9.47 Å². The standard InChI is InChI=1S/C11H18O2/c1-9-4-2-5-10-11(13-8-9)6-3-7-12-10/h4,10-11H,2-3,5-8H2,1H3/b9-4-/t10-,11+/m0/s1. The smallest absolute Gasteiger partial charge is 0.0842 e. The Labute approximate surface area is 79.9 Å². The van der Waals surface area contributed by atoms with Crippen LogP contribution in [0.2, 0.25) is 0 Å². The van der Waals surface area contributed by atoms with E-state index in [9.17, 15) is 0 Å². The van der Waals surface area contributed by atoms with Crippen molar-refractivity contribution in [2.24, 2.45) is 0 Å². The molecule has 0 radical (unpaired) electrons. The van der Waals surface area contributed by atoms with Gasteiger partial charge >= 0.3 is 0 Å². The van der Waals surface area contributed by atoms with Crippen molar-refractivity contribution in [1.82, 2.24) is 0 Å². The van der Waals surface area contributed by atoms with Crippen LogP contribution in [-0.2, 0) is 9.47 Å². The third kappa shape index (κ3) is 2.32. The number of ether oxygens (including phenoxy) is 2. The van der Waals surface area contributed by atoms with E-state index in [1.807, 2.05) is 0 Å². The minimum absolute atomic E-state index is 0.359. The fourth-order valence-electron chi connectivity index (χ4n) is 2.06. The number of allylic oxidation sites excluding steroid dienone is 1. The zero-order chi connectivity index (χ0) is 9.10. The van der Waals surface area contributed by atoms with Gasteiger partial charge in [-0.2, -0.15) is 0 Å². The zero-order valence-electron chi connectivity index (χ0n) is 8.29. The molecule has 0 N–H and O–H groups in total. The van der Waals surface area contributed by atoms with E-state index in [-0.39, 0.29) is 0 Å². The topological polar surface area (TPSA) is 18.5 Å². The Kier molecular flexibility index (Phi) is 3.01. The van der Waals surface area contributed by atoms with Gasteiger partial charge in [0.05, 0.1) is 18.8 Å². The van der Waals surface area contributed by atoms with Crippen molar-refractivity contribution in [2.75, 3.05) is 13.2 Å². The van der Waals surface area contributed by atoms with Gasteiger partial charge in [-0.25, -0.2) is 0 Å². The predicted octanol–water partition coefficient (Wildman–Crippen LogP) is 2.29. The van der Waals surface area contributed by atoms with Crippen LogP contribution >= 0.6 is 0 Å². The molecular formula is C11H18O2. The Hall–Kier alpha value is -0.340. The van der Waals surface area contributed by atoms with Gasteiger partial charge in [0, 0.05) is 6.61 Å². The molecule has 13 heavy (non-hydrogen) atoms. The van der Waals surface area contributed by atoms with E-state index in [2.05, 4.69) is 13.0 Å². The molecule has 0 spiro atoms. The largest absolute Gasteiger partial charge is 0.376 e. The average molecular weight is 182 g/mol. The number of hydrogen-bond acceptors (Lipinski definition) is 2. The average Bonchev–Trinajstić information content (AvgIpc) is 2.13. The first-order valence-corrected chi connectivity index (χ1v) is 5.25. The van der Waals surface area contributed by atoms with Gasteiger partial charge in [-0.05, 0) is 32.6 Å². The van der Waals surface area contributed by atoms with Gasteiger partial charge in [0.2, 0.25) is 0 Å². The Balaban J connectivity index is 1.98. The van der Waals surface area contributed by atoms with Crippen LogP contribution in [0.15, 0.2) is 11.6 Å². The summed E-state index contributed by atoms with van der Waals surface area (Å²) >= 11 is 0. The normalized spacial score (nSPS) is 39.6. The molecule has 74 valence electrons. The van der Waals surface area contributed by atoms with Gasteiger partial charge in [-0.15, -0.1) is 0 Å². The summed E-state index contributed by atoms with van der Waals surface area (Å²) in [5.41, 5.74) is 1.36. The quantitative estimate of drug-likeness (QED) is 0.535. The van der Waals surface area contributed by atoms with Gasteiger partial charge in [0.25, 0.3) is 0 Å². The molecule has 0 unspecified atom stereocenters. The fourth-order valence-corrected chi connectivity index (χ4v) is 2.06. The molecule has 0 bridgehead atoms. The molecule has 1 fully saturated rings. The summed E-state index contributed by atoms with van der Waals surface area (Å²) < 4.78 is 11.5. The maximum Gasteiger partial charge on any atom is 0.0842 e. The van der Waals surface area contributed by atoms with E-state index in [0.29, 0.717) is 12.2 Å². The molecule has 2 aliphatic rings. The summed E-state index contributed by atoms with van der Waals surface area (Å²) in [6.45, 7) is 3.86. The molecule has 0 aromatic heterocycles. The second kappa shape index (κ2) is 4.25. The Morgan fingerprint density at radius 3 is 3.00 bits per heavy atom. The van der Waals surface area contributed by atoms with Gasteiger partial charge in [0.15, 0.2) is 0 Å². The summed E-state index contributed by atoms with van der Waals surface area (Å²) in [5.74, 6) is 0. The number of fused-ring (bicyclic) bond motifs is 1. The lowest BCUT2D eigenvalue weighted by Crippen LogP contribution is -2.37. The highest BCUT2D eigenvalue weighted by Gasteiger charge is 2.26. The van der Waals surface area contributed by atoms with Gasteiger partial charge in [0.1, 0.15) is 0 Å². The molecule has 2 rings (SSSR count). The second-order valence-electron chi connectivity index (χ2n) is 4.03. The molecule has 2 aliphatic heterocycles. The molecule has 0 aromatic carbocycles. The van der Waals surface area contributed by atoms with E-state index < -0.39 is 0 Å². The zero-order valence-corrected chi connectivity index (χ0v) is 8.29. The first kappa shape index (κ1) is 9.22. The summed E-state index contributed by atoms with van der Waals surface area (Å²) in [7, 11) is 0. The van der Waals surface area contributed by atoms with Crippen molar-refractivity contribution in [3.63, 3.8) is 0 Å². The highest BCUT2D eigenvalue weighted by Crippen LogP contribution is 2.23. The highest BCUT2D eigenvalue weighted by atomic mass is 16.5. The lowest BCUT2D eigenvalue weighted by molar-refractivity contribution is -0.104. The van der Waals surface area contributed by atoms with Crippen LogP contribution in [0.25, 0.3) is 0 Å².